The van der Waals surface area contributed by atoms with E-state index >= 15 is 0 Å². The quantitative estimate of drug-likeness (QED) is 0.659. The highest BCUT2D eigenvalue weighted by molar-refractivity contribution is 6.17. The molecule has 1 aromatic rings. The minimum absolute atomic E-state index is 0.142. The maximum Gasteiger partial charge on any atom is 0.129 e. The minimum Gasteiger partial charge on any atom is -0.207 e. The molecule has 3 heteroatoms. The molecule has 1 rings (SSSR count). The Kier molecular flexibility index (Phi) is 3.67. The van der Waals surface area contributed by atoms with Crippen LogP contribution in [0.2, 0.25) is 0 Å². The van der Waals surface area contributed by atoms with E-state index in [-0.39, 0.29) is 11.5 Å². The Morgan fingerprint density at radius 1 is 1.31 bits per heavy atom. The summed E-state index contributed by atoms with van der Waals surface area (Å²) in [6.07, 6.45) is 0.583. The molecule has 0 saturated carbocycles. The van der Waals surface area contributed by atoms with Gasteiger partial charge in [0.25, 0.3) is 0 Å². The maximum atomic E-state index is 13.1. The van der Waals surface area contributed by atoms with E-state index in [1.807, 2.05) is 0 Å². The van der Waals surface area contributed by atoms with E-state index < -0.39 is 11.6 Å². The highest BCUT2D eigenvalue weighted by atomic mass is 35.5. The Hall–Kier alpha value is -0.630. The average molecular weight is 205 g/mol. The van der Waals surface area contributed by atoms with Gasteiger partial charge in [-0.2, -0.15) is 0 Å². The molecule has 72 valence electrons. The fourth-order valence-electron chi connectivity index (χ4n) is 1.29. The summed E-state index contributed by atoms with van der Waals surface area (Å²) >= 11 is 5.51. The molecule has 0 radical (unpaired) electrons. The van der Waals surface area contributed by atoms with Crippen LogP contribution in [0.3, 0.4) is 0 Å². The number of benzene rings is 1. The van der Waals surface area contributed by atoms with E-state index in [1.54, 1.807) is 6.92 Å². The van der Waals surface area contributed by atoms with Gasteiger partial charge < -0.3 is 0 Å². The SMILES string of the molecule is CC(CCCl)c1c(F)cccc1F. The third kappa shape index (κ3) is 2.41. The first-order valence-electron chi connectivity index (χ1n) is 4.16. The summed E-state index contributed by atoms with van der Waals surface area (Å²) in [5.74, 6) is -0.733. The lowest BCUT2D eigenvalue weighted by molar-refractivity contribution is 0.528. The highest BCUT2D eigenvalue weighted by Crippen LogP contribution is 2.24. The summed E-state index contributed by atoms with van der Waals surface area (Å²) < 4.78 is 26.3. The second-order valence-electron chi connectivity index (χ2n) is 3.01. The molecule has 0 aliphatic carbocycles. The second kappa shape index (κ2) is 4.56. The molecule has 0 heterocycles. The molecule has 0 N–H and O–H groups in total. The first kappa shape index (κ1) is 10.5. The Balaban J connectivity index is 2.98. The van der Waals surface area contributed by atoms with Gasteiger partial charge in [-0.1, -0.05) is 13.0 Å². The van der Waals surface area contributed by atoms with Crippen molar-refractivity contribution in [2.75, 3.05) is 5.88 Å². The lowest BCUT2D eigenvalue weighted by Crippen LogP contribution is -2.01. The van der Waals surface area contributed by atoms with Gasteiger partial charge in [0.2, 0.25) is 0 Å². The summed E-state index contributed by atoms with van der Waals surface area (Å²) in [5, 5.41) is 0. The van der Waals surface area contributed by atoms with Gasteiger partial charge in [-0.15, -0.1) is 11.6 Å². The van der Waals surface area contributed by atoms with E-state index in [4.69, 9.17) is 11.6 Å². The summed E-state index contributed by atoms with van der Waals surface area (Å²) in [4.78, 5) is 0. The van der Waals surface area contributed by atoms with Crippen molar-refractivity contribution in [3.05, 3.63) is 35.4 Å². The molecule has 0 spiro atoms. The largest absolute Gasteiger partial charge is 0.207 e. The van der Waals surface area contributed by atoms with E-state index in [1.165, 1.54) is 18.2 Å². The monoisotopic (exact) mass is 204 g/mol. The van der Waals surface area contributed by atoms with Gasteiger partial charge in [-0.05, 0) is 24.5 Å². The zero-order chi connectivity index (χ0) is 9.84. The van der Waals surface area contributed by atoms with Gasteiger partial charge in [0.15, 0.2) is 0 Å². The van der Waals surface area contributed by atoms with Gasteiger partial charge >= 0.3 is 0 Å². The van der Waals surface area contributed by atoms with Crippen molar-refractivity contribution in [3.8, 4) is 0 Å². The molecule has 1 unspecified atom stereocenters. The zero-order valence-corrected chi connectivity index (χ0v) is 8.11. The molecule has 1 aromatic carbocycles. The van der Waals surface area contributed by atoms with E-state index in [0.29, 0.717) is 12.3 Å². The third-order valence-corrected chi connectivity index (χ3v) is 2.25. The fourth-order valence-corrected chi connectivity index (χ4v) is 1.62. The Labute approximate surface area is 81.5 Å². The van der Waals surface area contributed by atoms with E-state index in [0.717, 1.165) is 0 Å². The Morgan fingerprint density at radius 3 is 2.31 bits per heavy atom. The standard InChI is InChI=1S/C10H11ClF2/c1-7(5-6-11)10-8(12)3-2-4-9(10)13/h2-4,7H,5-6H2,1H3. The van der Waals surface area contributed by atoms with Crippen LogP contribution >= 0.6 is 11.6 Å². The molecule has 0 fully saturated rings. The van der Waals surface area contributed by atoms with Crippen molar-refractivity contribution in [2.45, 2.75) is 19.3 Å². The molecule has 0 saturated heterocycles. The number of halogens is 3. The van der Waals surface area contributed by atoms with Gasteiger partial charge in [0.1, 0.15) is 11.6 Å². The fraction of sp³-hybridized carbons (Fsp3) is 0.400. The minimum atomic E-state index is -0.488. The van der Waals surface area contributed by atoms with Gasteiger partial charge in [-0.25, -0.2) is 8.78 Å². The zero-order valence-electron chi connectivity index (χ0n) is 7.36. The Bertz CT molecular complexity index is 266. The Morgan fingerprint density at radius 2 is 1.85 bits per heavy atom. The molecule has 0 aromatic heterocycles. The lowest BCUT2D eigenvalue weighted by Gasteiger charge is -2.11. The van der Waals surface area contributed by atoms with Gasteiger partial charge in [-0.3, -0.25) is 0 Å². The van der Waals surface area contributed by atoms with Crippen LogP contribution in [0.25, 0.3) is 0 Å². The first-order chi connectivity index (χ1) is 6.16. The molecule has 0 amide bonds. The van der Waals surface area contributed by atoms with Crippen LogP contribution in [0, 0.1) is 11.6 Å². The number of hydrogen-bond acceptors (Lipinski definition) is 0. The summed E-state index contributed by atoms with van der Waals surface area (Å²) in [5.41, 5.74) is 0.142. The summed E-state index contributed by atoms with van der Waals surface area (Å²) in [6.45, 7) is 1.77. The number of hydrogen-bond donors (Lipinski definition) is 0. The predicted octanol–water partition coefficient (Wildman–Crippen LogP) is 3.70. The molecular formula is C10H11ClF2. The molecule has 0 aliphatic heterocycles. The molecule has 0 bridgehead atoms. The maximum absolute atomic E-state index is 13.1. The second-order valence-corrected chi connectivity index (χ2v) is 3.39. The van der Waals surface area contributed by atoms with Crippen molar-refractivity contribution < 1.29 is 8.78 Å². The van der Waals surface area contributed by atoms with Crippen LogP contribution in [-0.4, -0.2) is 5.88 Å². The van der Waals surface area contributed by atoms with Crippen LogP contribution in [-0.2, 0) is 0 Å². The molecule has 1 atom stereocenters. The van der Waals surface area contributed by atoms with E-state index in [9.17, 15) is 8.78 Å². The predicted molar refractivity (Wildman–Crippen MR) is 50.1 cm³/mol. The van der Waals surface area contributed by atoms with Crippen LogP contribution in [0.5, 0.6) is 0 Å². The number of rotatable bonds is 3. The van der Waals surface area contributed by atoms with Crippen molar-refractivity contribution in [1.82, 2.24) is 0 Å². The molecule has 13 heavy (non-hydrogen) atoms. The normalized spacial score (nSPS) is 12.9. The first-order valence-corrected chi connectivity index (χ1v) is 4.70. The summed E-state index contributed by atoms with van der Waals surface area (Å²) in [7, 11) is 0. The van der Waals surface area contributed by atoms with Crippen molar-refractivity contribution in [3.63, 3.8) is 0 Å². The van der Waals surface area contributed by atoms with Crippen molar-refractivity contribution in [2.24, 2.45) is 0 Å². The van der Waals surface area contributed by atoms with Crippen LogP contribution in [0.1, 0.15) is 24.8 Å². The topological polar surface area (TPSA) is 0 Å². The van der Waals surface area contributed by atoms with Crippen molar-refractivity contribution >= 4 is 11.6 Å². The van der Waals surface area contributed by atoms with Gasteiger partial charge in [0.05, 0.1) is 0 Å². The molecule has 0 nitrogen and oxygen atoms in total. The van der Waals surface area contributed by atoms with Crippen LogP contribution in [0.15, 0.2) is 18.2 Å². The molecular weight excluding hydrogens is 194 g/mol. The van der Waals surface area contributed by atoms with Crippen molar-refractivity contribution in [1.29, 1.82) is 0 Å². The number of alkyl halides is 1. The third-order valence-electron chi connectivity index (χ3n) is 2.03. The highest BCUT2D eigenvalue weighted by Gasteiger charge is 2.14. The van der Waals surface area contributed by atoms with Crippen LogP contribution < -0.4 is 0 Å². The lowest BCUT2D eigenvalue weighted by atomic mass is 9.97. The smallest absolute Gasteiger partial charge is 0.129 e. The average Bonchev–Trinajstić information content (AvgIpc) is 2.04. The molecule has 0 aliphatic rings. The van der Waals surface area contributed by atoms with Gasteiger partial charge in [0, 0.05) is 11.4 Å². The van der Waals surface area contributed by atoms with E-state index in [2.05, 4.69) is 0 Å². The summed E-state index contributed by atoms with van der Waals surface area (Å²) in [6, 6.07) is 3.90. The van der Waals surface area contributed by atoms with Crippen LogP contribution in [0.4, 0.5) is 8.78 Å².